The minimum atomic E-state index is -0.318. The molecule has 4 rings (SSSR count). The zero-order valence-electron chi connectivity index (χ0n) is 11.7. The molecule has 3 atom stereocenters. The number of hydrogen-bond acceptors (Lipinski definition) is 4. The summed E-state index contributed by atoms with van der Waals surface area (Å²) in [5, 5.41) is 2.48. The molecule has 0 spiro atoms. The summed E-state index contributed by atoms with van der Waals surface area (Å²) in [6.45, 7) is 0.303. The highest BCUT2D eigenvalue weighted by Gasteiger charge is 2.53. The highest BCUT2D eigenvalue weighted by atomic mass is 35.5. The molecule has 5 heteroatoms. The van der Waals surface area contributed by atoms with Gasteiger partial charge in [0.25, 0.3) is 0 Å². The second-order valence-electron chi connectivity index (χ2n) is 5.46. The maximum Gasteiger partial charge on any atom is 0.314 e. The Balaban J connectivity index is 1.77. The maximum absolute atomic E-state index is 12.1. The lowest BCUT2D eigenvalue weighted by Gasteiger charge is -2.27. The van der Waals surface area contributed by atoms with E-state index in [0.717, 1.165) is 11.3 Å². The molecule has 0 amide bonds. The Kier molecular flexibility index (Phi) is 3.28. The molecule has 0 radical (unpaired) electrons. The van der Waals surface area contributed by atoms with Gasteiger partial charge in [-0.2, -0.15) is 0 Å². The lowest BCUT2D eigenvalue weighted by Crippen LogP contribution is -2.27. The molecule has 0 aliphatic carbocycles. The van der Waals surface area contributed by atoms with E-state index in [4.69, 9.17) is 21.2 Å². The van der Waals surface area contributed by atoms with Crippen molar-refractivity contribution in [1.29, 1.82) is 0 Å². The number of nitrogens with zero attached hydrogens (tertiary/aromatic N) is 1. The van der Waals surface area contributed by atoms with Crippen molar-refractivity contribution >= 4 is 23.3 Å². The molecule has 22 heavy (non-hydrogen) atoms. The number of hydroxylamine groups is 1. The normalized spacial score (nSPS) is 26.9. The van der Waals surface area contributed by atoms with E-state index in [1.165, 1.54) is 0 Å². The zero-order chi connectivity index (χ0) is 15.1. The zero-order valence-corrected chi connectivity index (χ0v) is 12.4. The highest BCUT2D eigenvalue weighted by Crippen LogP contribution is 2.45. The van der Waals surface area contributed by atoms with Crippen LogP contribution in [-0.2, 0) is 14.4 Å². The SMILES string of the molecule is O=C1OC[C@H]2ON(c3ccccc3)[C@H](c3ccc(Cl)cc3)[C@@H]12. The molecule has 0 saturated carbocycles. The van der Waals surface area contributed by atoms with Crippen molar-refractivity contribution in [3.63, 3.8) is 0 Å². The van der Waals surface area contributed by atoms with Crippen molar-refractivity contribution in [2.45, 2.75) is 12.1 Å². The first kappa shape index (κ1) is 13.6. The molecule has 4 nitrogen and oxygen atoms in total. The second kappa shape index (κ2) is 5.30. The number of fused-ring (bicyclic) bond motifs is 1. The number of carbonyl (C=O) groups excluding carboxylic acids is 1. The molecule has 0 unspecified atom stereocenters. The van der Waals surface area contributed by atoms with Gasteiger partial charge in [0.05, 0.1) is 11.7 Å². The number of hydrogen-bond donors (Lipinski definition) is 0. The first-order chi connectivity index (χ1) is 10.7. The average Bonchev–Trinajstić information content (AvgIpc) is 3.09. The molecule has 2 aromatic rings. The minimum Gasteiger partial charge on any atom is -0.462 e. The first-order valence-electron chi connectivity index (χ1n) is 7.17. The van der Waals surface area contributed by atoms with Gasteiger partial charge in [0.2, 0.25) is 0 Å². The lowest BCUT2D eigenvalue weighted by atomic mass is 9.91. The third kappa shape index (κ3) is 2.16. The van der Waals surface area contributed by atoms with Crippen LogP contribution >= 0.6 is 11.6 Å². The van der Waals surface area contributed by atoms with Crippen LogP contribution in [0.5, 0.6) is 0 Å². The summed E-state index contributed by atoms with van der Waals surface area (Å²) in [6, 6.07) is 17.1. The fourth-order valence-corrected chi connectivity index (χ4v) is 3.23. The third-order valence-corrected chi connectivity index (χ3v) is 4.38. The summed E-state index contributed by atoms with van der Waals surface area (Å²) in [5.41, 5.74) is 1.91. The van der Waals surface area contributed by atoms with Crippen molar-refractivity contribution in [2.75, 3.05) is 11.7 Å². The number of cyclic esters (lactones) is 1. The Hall–Kier alpha value is -2.04. The van der Waals surface area contributed by atoms with E-state index < -0.39 is 0 Å². The van der Waals surface area contributed by atoms with E-state index in [0.29, 0.717) is 11.6 Å². The Morgan fingerprint density at radius 2 is 1.77 bits per heavy atom. The Bertz CT molecular complexity index is 689. The molecule has 2 aromatic carbocycles. The van der Waals surface area contributed by atoms with Gasteiger partial charge >= 0.3 is 5.97 Å². The Morgan fingerprint density at radius 3 is 2.50 bits per heavy atom. The van der Waals surface area contributed by atoms with Gasteiger partial charge in [0, 0.05) is 5.02 Å². The number of carbonyl (C=O) groups is 1. The van der Waals surface area contributed by atoms with Gasteiger partial charge in [-0.25, -0.2) is 5.06 Å². The van der Waals surface area contributed by atoms with E-state index in [1.807, 2.05) is 59.7 Å². The number of esters is 1. The van der Waals surface area contributed by atoms with E-state index in [-0.39, 0.29) is 24.0 Å². The number of anilines is 1. The summed E-state index contributed by atoms with van der Waals surface area (Å²) in [7, 11) is 0. The monoisotopic (exact) mass is 315 g/mol. The van der Waals surface area contributed by atoms with Gasteiger partial charge in [0.1, 0.15) is 18.6 Å². The quantitative estimate of drug-likeness (QED) is 0.796. The first-order valence-corrected chi connectivity index (χ1v) is 7.55. The predicted molar refractivity (Wildman–Crippen MR) is 82.4 cm³/mol. The van der Waals surface area contributed by atoms with Crippen LogP contribution in [0.25, 0.3) is 0 Å². The summed E-state index contributed by atoms with van der Waals surface area (Å²) in [6.07, 6.45) is -0.242. The van der Waals surface area contributed by atoms with Crippen molar-refractivity contribution in [3.8, 4) is 0 Å². The number of ether oxygens (including phenoxy) is 1. The van der Waals surface area contributed by atoms with Gasteiger partial charge in [-0.05, 0) is 29.8 Å². The summed E-state index contributed by atoms with van der Waals surface area (Å²) in [5.74, 6) is -0.523. The second-order valence-corrected chi connectivity index (χ2v) is 5.89. The molecule has 2 aliphatic heterocycles. The largest absolute Gasteiger partial charge is 0.462 e. The van der Waals surface area contributed by atoms with Crippen LogP contribution in [0, 0.1) is 5.92 Å². The van der Waals surface area contributed by atoms with E-state index in [9.17, 15) is 4.79 Å². The van der Waals surface area contributed by atoms with Crippen LogP contribution in [0.4, 0.5) is 5.69 Å². The number of benzene rings is 2. The molecular weight excluding hydrogens is 302 g/mol. The number of rotatable bonds is 2. The van der Waals surface area contributed by atoms with Crippen molar-refractivity contribution in [1.82, 2.24) is 0 Å². The van der Waals surface area contributed by atoms with E-state index in [2.05, 4.69) is 0 Å². The smallest absolute Gasteiger partial charge is 0.314 e. The number of para-hydroxylation sites is 1. The Labute approximate surface area is 133 Å². The Morgan fingerprint density at radius 1 is 1.05 bits per heavy atom. The van der Waals surface area contributed by atoms with Crippen molar-refractivity contribution in [3.05, 3.63) is 65.2 Å². The predicted octanol–water partition coefficient (Wildman–Crippen LogP) is 3.37. The highest BCUT2D eigenvalue weighted by molar-refractivity contribution is 6.30. The van der Waals surface area contributed by atoms with Gasteiger partial charge in [-0.15, -0.1) is 0 Å². The molecule has 2 fully saturated rings. The molecule has 112 valence electrons. The van der Waals surface area contributed by atoms with Gasteiger partial charge < -0.3 is 4.74 Å². The summed E-state index contributed by atoms with van der Waals surface area (Å²) < 4.78 is 5.16. The van der Waals surface area contributed by atoms with Crippen LogP contribution in [0.15, 0.2) is 54.6 Å². The molecular formula is C17H14ClNO3. The fourth-order valence-electron chi connectivity index (χ4n) is 3.10. The molecule has 0 N–H and O–H groups in total. The van der Waals surface area contributed by atoms with Crippen LogP contribution in [-0.4, -0.2) is 18.7 Å². The molecule has 0 bridgehead atoms. The van der Waals surface area contributed by atoms with Crippen LogP contribution in [0.3, 0.4) is 0 Å². The van der Waals surface area contributed by atoms with Crippen LogP contribution in [0.2, 0.25) is 5.02 Å². The standard InChI is InChI=1S/C17H14ClNO3/c18-12-8-6-11(7-9-12)16-15-14(10-21-17(15)20)22-19(16)13-4-2-1-3-5-13/h1-9,14-16H,10H2/t14-,15+,16-/m1/s1. The van der Waals surface area contributed by atoms with Crippen LogP contribution in [0.1, 0.15) is 11.6 Å². The third-order valence-electron chi connectivity index (χ3n) is 4.13. The van der Waals surface area contributed by atoms with Gasteiger partial charge in [-0.1, -0.05) is 41.9 Å². The van der Waals surface area contributed by atoms with Crippen LogP contribution < -0.4 is 5.06 Å². The lowest BCUT2D eigenvalue weighted by molar-refractivity contribution is -0.141. The molecule has 2 aliphatic rings. The van der Waals surface area contributed by atoms with E-state index in [1.54, 1.807) is 0 Å². The molecule has 2 saturated heterocycles. The molecule has 2 heterocycles. The topological polar surface area (TPSA) is 38.8 Å². The van der Waals surface area contributed by atoms with Crippen molar-refractivity contribution in [2.24, 2.45) is 5.92 Å². The van der Waals surface area contributed by atoms with Crippen molar-refractivity contribution < 1.29 is 14.4 Å². The summed E-state index contributed by atoms with van der Waals surface area (Å²) >= 11 is 5.98. The maximum atomic E-state index is 12.1. The van der Waals surface area contributed by atoms with E-state index >= 15 is 0 Å². The minimum absolute atomic E-state index is 0.205. The van der Waals surface area contributed by atoms with Gasteiger partial charge in [0.15, 0.2) is 0 Å². The summed E-state index contributed by atoms with van der Waals surface area (Å²) in [4.78, 5) is 18.1. The number of halogens is 1. The molecule has 0 aromatic heterocycles. The average molecular weight is 316 g/mol. The van der Waals surface area contributed by atoms with Gasteiger partial charge in [-0.3, -0.25) is 9.63 Å². The fraction of sp³-hybridized carbons (Fsp3) is 0.235.